The summed E-state index contributed by atoms with van der Waals surface area (Å²) in [5, 5.41) is 9.52. The van der Waals surface area contributed by atoms with Gasteiger partial charge in [0, 0.05) is 38.4 Å². The van der Waals surface area contributed by atoms with E-state index >= 15 is 0 Å². The van der Waals surface area contributed by atoms with Crippen LogP contribution in [0.25, 0.3) is 0 Å². The zero-order chi connectivity index (χ0) is 29.4. The summed E-state index contributed by atoms with van der Waals surface area (Å²) in [6.07, 6.45) is 3.74. The van der Waals surface area contributed by atoms with E-state index in [1.54, 1.807) is 7.11 Å². The van der Waals surface area contributed by atoms with Crippen molar-refractivity contribution in [2.45, 2.75) is 32.2 Å². The van der Waals surface area contributed by atoms with Crippen LogP contribution < -0.4 is 31.3 Å². The topological polar surface area (TPSA) is 149 Å². The largest absolute Gasteiger partial charge is 0.497 e. The number of nitrogens with zero attached hydrogens (tertiary/aromatic N) is 4. The molecule has 12 heteroatoms. The van der Waals surface area contributed by atoms with Gasteiger partial charge >= 0.3 is 0 Å². The molecule has 1 fully saturated rings. The van der Waals surface area contributed by atoms with E-state index in [9.17, 15) is 4.79 Å². The Hall–Kier alpha value is -4.00. The molecule has 1 amide bonds. The molecule has 1 aromatic heterocycles. The molecule has 0 spiro atoms. The summed E-state index contributed by atoms with van der Waals surface area (Å²) in [7, 11) is 1.65. The molecule has 42 heavy (non-hydrogen) atoms. The van der Waals surface area contributed by atoms with E-state index in [0.717, 1.165) is 48.5 Å². The molecule has 1 aliphatic rings. The minimum Gasteiger partial charge on any atom is -0.497 e. The third-order valence-electron chi connectivity index (χ3n) is 6.65. The van der Waals surface area contributed by atoms with Crippen molar-refractivity contribution in [3.63, 3.8) is 0 Å². The lowest BCUT2D eigenvalue weighted by Gasteiger charge is -2.27. The van der Waals surface area contributed by atoms with E-state index in [1.165, 1.54) is 6.42 Å². The molecule has 5 N–H and O–H groups in total. The Morgan fingerprint density at radius 2 is 1.55 bits per heavy atom. The van der Waals surface area contributed by atoms with Crippen molar-refractivity contribution >= 4 is 29.4 Å². The van der Waals surface area contributed by atoms with Crippen LogP contribution >= 0.6 is 0 Å². The average molecular weight is 579 g/mol. The summed E-state index contributed by atoms with van der Waals surface area (Å²) >= 11 is 0. The Morgan fingerprint density at radius 1 is 0.857 bits per heavy atom. The number of ether oxygens (including phenoxy) is 3. The Balaban J connectivity index is 1.31. The van der Waals surface area contributed by atoms with Gasteiger partial charge in [-0.3, -0.25) is 4.79 Å². The van der Waals surface area contributed by atoms with Crippen LogP contribution in [0.15, 0.2) is 48.5 Å². The lowest BCUT2D eigenvalue weighted by atomic mass is 10.1. The van der Waals surface area contributed by atoms with Crippen molar-refractivity contribution in [2.24, 2.45) is 5.73 Å². The predicted octanol–water partition coefficient (Wildman–Crippen LogP) is 2.88. The third kappa shape index (κ3) is 10.4. The van der Waals surface area contributed by atoms with Crippen LogP contribution in [0.3, 0.4) is 0 Å². The zero-order valence-corrected chi connectivity index (χ0v) is 24.3. The predicted molar refractivity (Wildman–Crippen MR) is 163 cm³/mol. The number of amides is 1. The highest BCUT2D eigenvalue weighted by Crippen LogP contribution is 2.22. The molecule has 12 nitrogen and oxygen atoms in total. The van der Waals surface area contributed by atoms with E-state index in [2.05, 4.69) is 25.8 Å². The average Bonchev–Trinajstić information content (AvgIpc) is 3.03. The Kier molecular flexibility index (Phi) is 12.6. The molecule has 0 saturated carbocycles. The van der Waals surface area contributed by atoms with Crippen molar-refractivity contribution in [1.29, 1.82) is 0 Å². The number of nitrogens with one attached hydrogen (secondary N) is 3. The Bertz CT molecular complexity index is 1220. The lowest BCUT2D eigenvalue weighted by molar-refractivity contribution is -0.120. The highest BCUT2D eigenvalue weighted by molar-refractivity contribution is 5.78. The second-order valence-corrected chi connectivity index (χ2v) is 9.89. The zero-order valence-electron chi connectivity index (χ0n) is 24.3. The van der Waals surface area contributed by atoms with Gasteiger partial charge in [-0.15, -0.1) is 0 Å². The maximum atomic E-state index is 12.3. The molecular weight excluding hydrogens is 536 g/mol. The first-order valence-electron chi connectivity index (χ1n) is 14.5. The number of rotatable bonds is 17. The second-order valence-electron chi connectivity index (χ2n) is 9.89. The first-order chi connectivity index (χ1) is 20.6. The fourth-order valence-corrected chi connectivity index (χ4v) is 4.41. The number of carbonyl (C=O) groups excluding carboxylic acids is 1. The summed E-state index contributed by atoms with van der Waals surface area (Å²) in [4.78, 5) is 28.6. The fraction of sp³-hybridized carbons (Fsp3) is 0.467. The highest BCUT2D eigenvalue weighted by Gasteiger charge is 2.17. The molecule has 0 unspecified atom stereocenters. The van der Waals surface area contributed by atoms with E-state index in [0.29, 0.717) is 63.9 Å². The van der Waals surface area contributed by atoms with E-state index < -0.39 is 0 Å². The molecule has 0 radical (unpaired) electrons. The normalized spacial score (nSPS) is 13.0. The van der Waals surface area contributed by atoms with Gasteiger partial charge in [0.1, 0.15) is 5.75 Å². The first-order valence-corrected chi connectivity index (χ1v) is 14.5. The van der Waals surface area contributed by atoms with Crippen LogP contribution in [-0.2, 0) is 27.2 Å². The lowest BCUT2D eigenvalue weighted by Crippen LogP contribution is -2.31. The van der Waals surface area contributed by atoms with Crippen LogP contribution in [0.2, 0.25) is 0 Å². The van der Waals surface area contributed by atoms with E-state index in [-0.39, 0.29) is 12.3 Å². The third-order valence-corrected chi connectivity index (χ3v) is 6.65. The van der Waals surface area contributed by atoms with Crippen molar-refractivity contribution < 1.29 is 19.0 Å². The SMILES string of the molecule is COc1ccc(CNc2nc(Nc3ccc(CC(=O)NCCOCCOCCN)cc3)nc(N3CCCCC3)n2)cc1. The molecule has 2 heterocycles. The van der Waals surface area contributed by atoms with Gasteiger partial charge in [0.25, 0.3) is 0 Å². The van der Waals surface area contributed by atoms with Gasteiger partial charge in [0.2, 0.25) is 23.8 Å². The molecule has 2 aromatic carbocycles. The number of aromatic nitrogens is 3. The number of benzene rings is 2. The Labute approximate surface area is 247 Å². The molecule has 4 rings (SSSR count). The molecular formula is C30H42N8O4. The van der Waals surface area contributed by atoms with Gasteiger partial charge in [-0.05, 0) is 54.7 Å². The van der Waals surface area contributed by atoms with Crippen LogP contribution in [-0.4, -0.2) is 80.6 Å². The van der Waals surface area contributed by atoms with Crippen LogP contribution in [0.4, 0.5) is 23.5 Å². The number of anilines is 4. The van der Waals surface area contributed by atoms with Gasteiger partial charge in [-0.1, -0.05) is 24.3 Å². The minimum absolute atomic E-state index is 0.0603. The van der Waals surface area contributed by atoms with Crippen LogP contribution in [0.1, 0.15) is 30.4 Å². The summed E-state index contributed by atoms with van der Waals surface area (Å²) in [6.45, 7) is 5.29. The smallest absolute Gasteiger partial charge is 0.233 e. The van der Waals surface area contributed by atoms with Crippen molar-refractivity contribution in [1.82, 2.24) is 20.3 Å². The summed E-state index contributed by atoms with van der Waals surface area (Å²) in [5.41, 5.74) is 8.18. The van der Waals surface area contributed by atoms with Gasteiger partial charge < -0.3 is 40.8 Å². The van der Waals surface area contributed by atoms with Gasteiger partial charge in [0.05, 0.1) is 40.0 Å². The van der Waals surface area contributed by atoms with E-state index in [4.69, 9.17) is 29.9 Å². The molecule has 0 bridgehead atoms. The number of nitrogens with two attached hydrogens (primary N) is 1. The minimum atomic E-state index is -0.0603. The molecule has 0 aliphatic carbocycles. The standard InChI is InChI=1S/C30H42N8O4/c1-40-26-11-7-24(8-12-26)22-33-28-35-29(37-30(36-28)38-15-3-2-4-16-38)34-25-9-5-23(6-10-25)21-27(39)32-14-18-42-20-19-41-17-13-31/h5-12H,2-4,13-22,31H2,1H3,(H,32,39)(H2,33,34,35,36,37). The second kappa shape index (κ2) is 17.1. The van der Waals surface area contributed by atoms with Crippen LogP contribution in [0, 0.1) is 0 Å². The molecule has 1 saturated heterocycles. The maximum Gasteiger partial charge on any atom is 0.233 e. The molecule has 3 aromatic rings. The Morgan fingerprint density at radius 3 is 2.26 bits per heavy atom. The fourth-order valence-electron chi connectivity index (χ4n) is 4.41. The maximum absolute atomic E-state index is 12.3. The first kappa shape index (κ1) is 30.9. The van der Waals surface area contributed by atoms with Crippen molar-refractivity contribution in [2.75, 3.05) is 75.2 Å². The molecule has 0 atom stereocenters. The summed E-state index contributed by atoms with van der Waals surface area (Å²) in [6, 6.07) is 15.6. The number of piperidine rings is 1. The number of carbonyl (C=O) groups is 1. The summed E-state index contributed by atoms with van der Waals surface area (Å²) in [5.74, 6) is 2.38. The van der Waals surface area contributed by atoms with E-state index in [1.807, 2.05) is 48.5 Å². The number of hydrogen-bond acceptors (Lipinski definition) is 11. The van der Waals surface area contributed by atoms with Crippen LogP contribution in [0.5, 0.6) is 5.75 Å². The number of methoxy groups -OCH3 is 1. The highest BCUT2D eigenvalue weighted by atomic mass is 16.5. The van der Waals surface area contributed by atoms with Gasteiger partial charge in [-0.25, -0.2) is 0 Å². The number of hydrogen-bond donors (Lipinski definition) is 4. The summed E-state index contributed by atoms with van der Waals surface area (Å²) < 4.78 is 15.9. The molecule has 226 valence electrons. The quantitative estimate of drug-likeness (QED) is 0.175. The van der Waals surface area contributed by atoms with Gasteiger partial charge in [-0.2, -0.15) is 15.0 Å². The molecule has 1 aliphatic heterocycles. The van der Waals surface area contributed by atoms with Crippen molar-refractivity contribution in [3.05, 3.63) is 59.7 Å². The van der Waals surface area contributed by atoms with Crippen molar-refractivity contribution in [3.8, 4) is 5.75 Å². The van der Waals surface area contributed by atoms with Gasteiger partial charge in [0.15, 0.2) is 0 Å². The monoisotopic (exact) mass is 578 g/mol.